The number of aromatic amines is 1. The quantitative estimate of drug-likeness (QED) is 0.422. The molecular formula is C24H21F3N6O2. The van der Waals surface area contributed by atoms with Crippen LogP contribution in [0.1, 0.15) is 5.82 Å². The van der Waals surface area contributed by atoms with E-state index in [9.17, 15) is 18.0 Å². The molecule has 0 aliphatic carbocycles. The fraction of sp³-hybridized carbons (Fsp3) is 0.208. The Morgan fingerprint density at radius 2 is 1.63 bits per heavy atom. The van der Waals surface area contributed by atoms with E-state index in [1.807, 2.05) is 36.4 Å². The molecule has 0 spiro atoms. The van der Waals surface area contributed by atoms with Crippen LogP contribution in [0.3, 0.4) is 0 Å². The molecular weight excluding hydrogens is 461 g/mol. The maximum absolute atomic E-state index is 12.7. The van der Waals surface area contributed by atoms with Crippen LogP contribution in [0, 0.1) is 0 Å². The number of hydrogen-bond donors (Lipinski definition) is 2. The number of fused-ring (bicyclic) bond motifs is 1. The third kappa shape index (κ3) is 4.98. The summed E-state index contributed by atoms with van der Waals surface area (Å²) in [7, 11) is 0. The van der Waals surface area contributed by atoms with Crippen LogP contribution in [-0.2, 0) is 6.18 Å². The van der Waals surface area contributed by atoms with E-state index in [-0.39, 0.29) is 11.8 Å². The van der Waals surface area contributed by atoms with Crippen LogP contribution in [0.2, 0.25) is 0 Å². The highest BCUT2D eigenvalue weighted by Gasteiger charge is 2.34. The molecule has 0 bridgehead atoms. The number of carbonyl (C=O) groups is 1. The third-order valence-corrected chi connectivity index (χ3v) is 5.72. The van der Waals surface area contributed by atoms with Crippen molar-refractivity contribution in [1.29, 1.82) is 0 Å². The summed E-state index contributed by atoms with van der Waals surface area (Å²) in [4.78, 5) is 26.4. The number of para-hydroxylation sites is 1. The van der Waals surface area contributed by atoms with Crippen molar-refractivity contribution in [1.82, 2.24) is 19.9 Å². The van der Waals surface area contributed by atoms with Gasteiger partial charge in [0.15, 0.2) is 5.75 Å². The molecule has 2 aromatic heterocycles. The number of hydrogen-bond acceptors (Lipinski definition) is 5. The summed E-state index contributed by atoms with van der Waals surface area (Å²) in [6, 6.07) is 14.8. The molecule has 2 amide bonds. The highest BCUT2D eigenvalue weighted by Crippen LogP contribution is 2.28. The minimum absolute atomic E-state index is 0.112. The van der Waals surface area contributed by atoms with Crippen LogP contribution in [0.25, 0.3) is 10.9 Å². The molecule has 1 saturated heterocycles. The van der Waals surface area contributed by atoms with Crippen molar-refractivity contribution in [3.63, 3.8) is 0 Å². The molecule has 5 rings (SSSR count). The average molecular weight is 482 g/mol. The lowest BCUT2D eigenvalue weighted by Crippen LogP contribution is -2.50. The Kier molecular flexibility index (Phi) is 5.89. The fourth-order valence-corrected chi connectivity index (χ4v) is 3.91. The maximum atomic E-state index is 12.7. The number of halogens is 3. The van der Waals surface area contributed by atoms with Crippen LogP contribution >= 0.6 is 0 Å². The van der Waals surface area contributed by atoms with Gasteiger partial charge < -0.3 is 24.8 Å². The first-order valence-corrected chi connectivity index (χ1v) is 10.9. The van der Waals surface area contributed by atoms with Gasteiger partial charge in [-0.05, 0) is 30.3 Å². The Morgan fingerprint density at radius 3 is 2.31 bits per heavy atom. The second kappa shape index (κ2) is 9.16. The van der Waals surface area contributed by atoms with E-state index >= 15 is 0 Å². The third-order valence-electron chi connectivity index (χ3n) is 5.72. The number of benzene rings is 2. The lowest BCUT2D eigenvalue weighted by Gasteiger charge is -2.36. The predicted octanol–water partition coefficient (Wildman–Crippen LogP) is 5.12. The van der Waals surface area contributed by atoms with Gasteiger partial charge in [0, 0.05) is 49.0 Å². The molecule has 0 saturated carbocycles. The summed E-state index contributed by atoms with van der Waals surface area (Å²) in [6.45, 7) is 2.45. The lowest BCUT2D eigenvalue weighted by molar-refractivity contribution is -0.145. The van der Waals surface area contributed by atoms with Gasteiger partial charge in [0.2, 0.25) is 5.82 Å². The Morgan fingerprint density at radius 1 is 0.943 bits per heavy atom. The predicted molar refractivity (Wildman–Crippen MR) is 125 cm³/mol. The van der Waals surface area contributed by atoms with E-state index in [4.69, 9.17) is 4.74 Å². The van der Waals surface area contributed by atoms with Gasteiger partial charge in [0.05, 0.1) is 18.1 Å². The molecule has 4 aromatic rings. The Hall–Kier alpha value is -4.28. The van der Waals surface area contributed by atoms with Gasteiger partial charge in [-0.3, -0.25) is 0 Å². The zero-order valence-electron chi connectivity index (χ0n) is 18.4. The van der Waals surface area contributed by atoms with Crippen LogP contribution in [-0.4, -0.2) is 52.1 Å². The summed E-state index contributed by atoms with van der Waals surface area (Å²) in [5, 5.41) is 3.94. The van der Waals surface area contributed by atoms with E-state index in [1.54, 1.807) is 23.2 Å². The van der Waals surface area contributed by atoms with E-state index in [1.165, 1.54) is 0 Å². The summed E-state index contributed by atoms with van der Waals surface area (Å²) in [5.41, 5.74) is 2.67. The van der Waals surface area contributed by atoms with Crippen molar-refractivity contribution < 1.29 is 22.7 Å². The molecule has 11 heteroatoms. The average Bonchev–Trinajstić information content (AvgIpc) is 3.27. The molecule has 1 aliphatic rings. The first kappa shape index (κ1) is 22.5. The van der Waals surface area contributed by atoms with E-state index in [0.29, 0.717) is 31.9 Å². The van der Waals surface area contributed by atoms with Gasteiger partial charge in [-0.15, -0.1) is 0 Å². The zero-order valence-corrected chi connectivity index (χ0v) is 18.4. The molecule has 1 aliphatic heterocycles. The molecule has 35 heavy (non-hydrogen) atoms. The Balaban J connectivity index is 1.15. The van der Waals surface area contributed by atoms with Crippen LogP contribution in [0.4, 0.5) is 29.3 Å². The number of H-pyrrole nitrogens is 1. The number of carbonyl (C=O) groups excluding carboxylic acids is 1. The Bertz CT molecular complexity index is 1310. The molecule has 180 valence electrons. The molecule has 3 heterocycles. The molecule has 0 radical (unpaired) electrons. The number of piperazine rings is 1. The van der Waals surface area contributed by atoms with Crippen LogP contribution in [0.5, 0.6) is 11.5 Å². The number of urea groups is 1. The second-order valence-corrected chi connectivity index (χ2v) is 7.99. The number of amides is 2. The minimum atomic E-state index is -4.60. The standard InChI is InChI=1S/C24H21F3N6O2/c25-24(26,27)22-29-13-18(14-30-22)35-17-7-5-16(6-8-17)32-9-11-33(12-10-32)23(34)31-21-15-28-20-4-2-1-3-19(20)21/h1-8,13-15,28H,9-12H2,(H,31,34). The van der Waals surface area contributed by atoms with E-state index in [2.05, 4.69) is 25.2 Å². The highest BCUT2D eigenvalue weighted by molar-refractivity contribution is 6.01. The second-order valence-electron chi connectivity index (χ2n) is 7.99. The summed E-state index contributed by atoms with van der Waals surface area (Å²) < 4.78 is 43.3. The first-order valence-electron chi connectivity index (χ1n) is 10.9. The Labute approximate surface area is 198 Å². The van der Waals surface area contributed by atoms with Gasteiger partial charge in [-0.25, -0.2) is 14.8 Å². The summed E-state index contributed by atoms with van der Waals surface area (Å²) in [5.74, 6) is -0.649. The van der Waals surface area contributed by atoms with Crippen LogP contribution in [0.15, 0.2) is 67.1 Å². The first-order chi connectivity index (χ1) is 16.9. The topological polar surface area (TPSA) is 86.4 Å². The molecule has 2 aromatic carbocycles. The van der Waals surface area contributed by atoms with Crippen LogP contribution < -0.4 is 15.0 Å². The minimum Gasteiger partial charge on any atom is -0.454 e. The van der Waals surface area contributed by atoms with Crippen molar-refractivity contribution in [3.05, 3.63) is 72.9 Å². The van der Waals surface area contributed by atoms with Gasteiger partial charge in [0.1, 0.15) is 5.75 Å². The smallest absolute Gasteiger partial charge is 0.451 e. The number of alkyl halides is 3. The van der Waals surface area contributed by atoms with E-state index in [0.717, 1.165) is 34.7 Å². The number of anilines is 2. The number of ether oxygens (including phenoxy) is 1. The molecule has 0 atom stereocenters. The maximum Gasteiger partial charge on any atom is 0.451 e. The SMILES string of the molecule is O=C(Nc1c[nH]c2ccccc12)N1CCN(c2ccc(Oc3cnc(C(F)(F)F)nc3)cc2)CC1. The van der Waals surface area contributed by atoms with Gasteiger partial charge in [-0.1, -0.05) is 18.2 Å². The number of rotatable bonds is 4. The van der Waals surface area contributed by atoms with Gasteiger partial charge >= 0.3 is 12.2 Å². The normalized spacial score (nSPS) is 14.3. The lowest BCUT2D eigenvalue weighted by atomic mass is 10.2. The van der Waals surface area contributed by atoms with Gasteiger partial charge in [-0.2, -0.15) is 13.2 Å². The van der Waals surface area contributed by atoms with Gasteiger partial charge in [0.25, 0.3) is 0 Å². The molecule has 2 N–H and O–H groups in total. The van der Waals surface area contributed by atoms with Crippen molar-refractivity contribution >= 4 is 28.3 Å². The van der Waals surface area contributed by atoms with Crippen molar-refractivity contribution in [2.75, 3.05) is 36.4 Å². The van der Waals surface area contributed by atoms with Crippen molar-refractivity contribution in [3.8, 4) is 11.5 Å². The highest BCUT2D eigenvalue weighted by atomic mass is 19.4. The zero-order chi connectivity index (χ0) is 24.4. The summed E-state index contributed by atoms with van der Waals surface area (Å²) in [6.07, 6.45) is -0.824. The molecule has 1 fully saturated rings. The van der Waals surface area contributed by atoms with E-state index < -0.39 is 12.0 Å². The monoisotopic (exact) mass is 482 g/mol. The summed E-state index contributed by atoms with van der Waals surface area (Å²) >= 11 is 0. The molecule has 8 nitrogen and oxygen atoms in total. The van der Waals surface area contributed by atoms with Crippen molar-refractivity contribution in [2.24, 2.45) is 0 Å². The molecule has 0 unspecified atom stereocenters. The fourth-order valence-electron chi connectivity index (χ4n) is 3.91. The number of aromatic nitrogens is 3. The number of nitrogens with one attached hydrogen (secondary N) is 2. The largest absolute Gasteiger partial charge is 0.454 e. The number of nitrogens with zero attached hydrogens (tertiary/aromatic N) is 4. The van der Waals surface area contributed by atoms with Crippen molar-refractivity contribution in [2.45, 2.75) is 6.18 Å².